The standard InChI is InChI=1S/C18H19Cl3N2O3S/c1-12-14(20)5-3-6-17(12)23(27(2,25)26)10-4-7-18(24)22-16-11-13(19)8-9-15(16)21/h3,5-6,8-9,11H,4,7,10H2,1-2H3,(H,22,24). The Balaban J connectivity index is 2.05. The summed E-state index contributed by atoms with van der Waals surface area (Å²) in [5, 5.41) is 3.99. The number of carbonyl (C=O) groups excluding carboxylic acids is 1. The van der Waals surface area contributed by atoms with Gasteiger partial charge in [-0.2, -0.15) is 0 Å². The summed E-state index contributed by atoms with van der Waals surface area (Å²) in [6, 6.07) is 9.84. The van der Waals surface area contributed by atoms with Crippen LogP contribution >= 0.6 is 34.8 Å². The fourth-order valence-corrected chi connectivity index (χ4v) is 4.04. The minimum Gasteiger partial charge on any atom is -0.325 e. The molecular weight excluding hydrogens is 431 g/mol. The van der Waals surface area contributed by atoms with Gasteiger partial charge in [-0.25, -0.2) is 8.42 Å². The molecule has 0 saturated carbocycles. The molecule has 0 saturated heterocycles. The molecule has 0 aliphatic rings. The molecule has 0 bridgehead atoms. The summed E-state index contributed by atoms with van der Waals surface area (Å²) in [7, 11) is -3.52. The first kappa shape index (κ1) is 21.8. The van der Waals surface area contributed by atoms with Gasteiger partial charge < -0.3 is 5.32 Å². The zero-order valence-corrected chi connectivity index (χ0v) is 17.9. The highest BCUT2D eigenvalue weighted by atomic mass is 35.5. The van der Waals surface area contributed by atoms with Gasteiger partial charge in [0.1, 0.15) is 0 Å². The first-order valence-corrected chi connectivity index (χ1v) is 11.1. The number of hydrogen-bond acceptors (Lipinski definition) is 3. The number of sulfonamides is 1. The van der Waals surface area contributed by atoms with Gasteiger partial charge in [-0.15, -0.1) is 0 Å². The molecule has 0 unspecified atom stereocenters. The number of anilines is 2. The number of halogens is 3. The lowest BCUT2D eigenvalue weighted by molar-refractivity contribution is -0.116. The molecule has 0 heterocycles. The van der Waals surface area contributed by atoms with Crippen LogP contribution < -0.4 is 9.62 Å². The smallest absolute Gasteiger partial charge is 0.232 e. The molecule has 0 aliphatic carbocycles. The van der Waals surface area contributed by atoms with Crippen LogP contribution in [0.1, 0.15) is 18.4 Å². The fourth-order valence-electron chi connectivity index (χ4n) is 2.52. The Labute approximate surface area is 174 Å². The Kier molecular flexibility index (Phi) is 7.40. The molecule has 1 amide bonds. The van der Waals surface area contributed by atoms with Crippen LogP contribution in [-0.2, 0) is 14.8 Å². The molecule has 2 aromatic carbocycles. The number of benzene rings is 2. The maximum Gasteiger partial charge on any atom is 0.232 e. The molecule has 27 heavy (non-hydrogen) atoms. The van der Waals surface area contributed by atoms with E-state index in [1.807, 2.05) is 0 Å². The van der Waals surface area contributed by atoms with Crippen molar-refractivity contribution < 1.29 is 13.2 Å². The van der Waals surface area contributed by atoms with E-state index >= 15 is 0 Å². The summed E-state index contributed by atoms with van der Waals surface area (Å²) < 4.78 is 25.6. The summed E-state index contributed by atoms with van der Waals surface area (Å²) in [4.78, 5) is 12.2. The minimum atomic E-state index is -3.52. The second-order valence-electron chi connectivity index (χ2n) is 5.99. The van der Waals surface area contributed by atoms with Crippen LogP contribution in [0.25, 0.3) is 0 Å². The maximum atomic E-state index is 12.2. The van der Waals surface area contributed by atoms with Crippen molar-refractivity contribution in [3.63, 3.8) is 0 Å². The predicted octanol–water partition coefficient (Wildman–Crippen LogP) is 5.14. The summed E-state index contributed by atoms with van der Waals surface area (Å²) in [5.41, 5.74) is 1.59. The fraction of sp³-hybridized carbons (Fsp3) is 0.278. The van der Waals surface area contributed by atoms with E-state index in [9.17, 15) is 13.2 Å². The molecule has 2 aromatic rings. The van der Waals surface area contributed by atoms with E-state index < -0.39 is 10.0 Å². The number of amides is 1. The largest absolute Gasteiger partial charge is 0.325 e. The van der Waals surface area contributed by atoms with E-state index in [-0.39, 0.29) is 18.9 Å². The van der Waals surface area contributed by atoms with E-state index in [0.29, 0.717) is 38.4 Å². The van der Waals surface area contributed by atoms with E-state index in [1.165, 1.54) is 4.31 Å². The van der Waals surface area contributed by atoms with Crippen LogP contribution in [0.3, 0.4) is 0 Å². The summed E-state index contributed by atoms with van der Waals surface area (Å²) in [5.74, 6) is -0.282. The molecule has 2 rings (SSSR count). The van der Waals surface area contributed by atoms with Crippen molar-refractivity contribution in [2.24, 2.45) is 0 Å². The van der Waals surface area contributed by atoms with Crippen molar-refractivity contribution in [1.82, 2.24) is 0 Å². The predicted molar refractivity (Wildman–Crippen MR) is 113 cm³/mol. The average molecular weight is 450 g/mol. The zero-order chi connectivity index (χ0) is 20.2. The highest BCUT2D eigenvalue weighted by Crippen LogP contribution is 2.29. The molecule has 0 atom stereocenters. The third-order valence-electron chi connectivity index (χ3n) is 3.88. The van der Waals surface area contributed by atoms with Crippen LogP contribution in [0.2, 0.25) is 15.1 Å². The van der Waals surface area contributed by atoms with E-state index in [0.717, 1.165) is 6.26 Å². The van der Waals surface area contributed by atoms with Crippen molar-refractivity contribution in [3.05, 3.63) is 57.0 Å². The van der Waals surface area contributed by atoms with Gasteiger partial charge in [0.05, 0.1) is 22.7 Å². The van der Waals surface area contributed by atoms with Gasteiger partial charge in [-0.3, -0.25) is 9.10 Å². The average Bonchev–Trinajstić information content (AvgIpc) is 2.57. The highest BCUT2D eigenvalue weighted by molar-refractivity contribution is 7.92. The third kappa shape index (κ3) is 6.01. The Bertz CT molecular complexity index is 949. The Hall–Kier alpha value is -1.47. The van der Waals surface area contributed by atoms with Crippen molar-refractivity contribution in [2.45, 2.75) is 19.8 Å². The van der Waals surface area contributed by atoms with Gasteiger partial charge >= 0.3 is 0 Å². The highest BCUT2D eigenvalue weighted by Gasteiger charge is 2.20. The van der Waals surface area contributed by atoms with Gasteiger partial charge in [0.2, 0.25) is 15.9 Å². The third-order valence-corrected chi connectivity index (χ3v) is 6.03. The summed E-state index contributed by atoms with van der Waals surface area (Å²) in [6.45, 7) is 1.90. The Morgan fingerprint density at radius 3 is 2.48 bits per heavy atom. The van der Waals surface area contributed by atoms with Crippen molar-refractivity contribution in [3.8, 4) is 0 Å². The summed E-state index contributed by atoms with van der Waals surface area (Å²) >= 11 is 18.0. The number of hydrogen-bond donors (Lipinski definition) is 1. The number of nitrogens with one attached hydrogen (secondary N) is 1. The van der Waals surface area contributed by atoms with Crippen LogP contribution in [0.15, 0.2) is 36.4 Å². The van der Waals surface area contributed by atoms with Crippen molar-refractivity contribution in [1.29, 1.82) is 0 Å². The van der Waals surface area contributed by atoms with E-state index in [2.05, 4.69) is 5.32 Å². The lowest BCUT2D eigenvalue weighted by Gasteiger charge is -2.24. The van der Waals surface area contributed by atoms with Gasteiger partial charge in [-0.05, 0) is 49.2 Å². The molecule has 9 heteroatoms. The second kappa shape index (κ2) is 9.15. The van der Waals surface area contributed by atoms with Gasteiger partial charge in [0, 0.05) is 23.0 Å². The number of carbonyl (C=O) groups is 1. The van der Waals surface area contributed by atoms with Crippen LogP contribution in [0, 0.1) is 6.92 Å². The topological polar surface area (TPSA) is 66.5 Å². The SMILES string of the molecule is Cc1c(Cl)cccc1N(CCCC(=O)Nc1cc(Cl)ccc1Cl)S(C)(=O)=O. The van der Waals surface area contributed by atoms with Crippen LogP contribution in [-0.4, -0.2) is 27.1 Å². The first-order chi connectivity index (χ1) is 12.6. The lowest BCUT2D eigenvalue weighted by Crippen LogP contribution is -2.32. The maximum absolute atomic E-state index is 12.2. The monoisotopic (exact) mass is 448 g/mol. The normalized spacial score (nSPS) is 11.3. The molecule has 5 nitrogen and oxygen atoms in total. The number of nitrogens with zero attached hydrogens (tertiary/aromatic N) is 1. The minimum absolute atomic E-state index is 0.120. The Morgan fingerprint density at radius 2 is 1.81 bits per heavy atom. The Morgan fingerprint density at radius 1 is 1.11 bits per heavy atom. The van der Waals surface area contributed by atoms with E-state index in [1.54, 1.807) is 43.3 Å². The quantitative estimate of drug-likeness (QED) is 0.636. The molecule has 1 N–H and O–H groups in total. The van der Waals surface area contributed by atoms with E-state index in [4.69, 9.17) is 34.8 Å². The molecule has 0 aromatic heterocycles. The van der Waals surface area contributed by atoms with Crippen LogP contribution in [0.5, 0.6) is 0 Å². The van der Waals surface area contributed by atoms with Gasteiger partial charge in [-0.1, -0.05) is 40.9 Å². The molecule has 146 valence electrons. The van der Waals surface area contributed by atoms with Crippen molar-refractivity contribution in [2.75, 3.05) is 22.4 Å². The molecule has 0 aliphatic heterocycles. The molecular formula is C18H19Cl3N2O3S. The first-order valence-electron chi connectivity index (χ1n) is 8.07. The van der Waals surface area contributed by atoms with Gasteiger partial charge in [0.25, 0.3) is 0 Å². The second-order valence-corrected chi connectivity index (χ2v) is 9.15. The molecule has 0 spiro atoms. The zero-order valence-electron chi connectivity index (χ0n) is 14.8. The van der Waals surface area contributed by atoms with Crippen molar-refractivity contribution >= 4 is 62.1 Å². The molecule has 0 radical (unpaired) electrons. The van der Waals surface area contributed by atoms with Gasteiger partial charge in [0.15, 0.2) is 0 Å². The van der Waals surface area contributed by atoms with Crippen LogP contribution in [0.4, 0.5) is 11.4 Å². The lowest BCUT2D eigenvalue weighted by atomic mass is 10.2. The number of rotatable bonds is 7. The summed E-state index contributed by atoms with van der Waals surface area (Å²) in [6.07, 6.45) is 1.57. The molecule has 0 fully saturated rings.